The lowest BCUT2D eigenvalue weighted by molar-refractivity contribution is 0.102. The van der Waals surface area contributed by atoms with Gasteiger partial charge in [-0.3, -0.25) is 4.79 Å². The first-order valence-electron chi connectivity index (χ1n) is 6.44. The molecule has 0 unspecified atom stereocenters. The summed E-state index contributed by atoms with van der Waals surface area (Å²) in [7, 11) is -3.32. The van der Waals surface area contributed by atoms with Crippen LogP contribution in [-0.2, 0) is 9.84 Å². The first-order chi connectivity index (χ1) is 10.4. The zero-order valence-electron chi connectivity index (χ0n) is 11.7. The van der Waals surface area contributed by atoms with Crippen molar-refractivity contribution in [2.24, 2.45) is 0 Å². The Morgan fingerprint density at radius 2 is 1.86 bits per heavy atom. The lowest BCUT2D eigenvalue weighted by atomic mass is 10.2. The van der Waals surface area contributed by atoms with Gasteiger partial charge >= 0.3 is 0 Å². The maximum absolute atomic E-state index is 12.2. The Bertz CT molecular complexity index is 845. The molecule has 0 aliphatic carbocycles. The minimum Gasteiger partial charge on any atom is -0.454 e. The number of amides is 1. The van der Waals surface area contributed by atoms with Gasteiger partial charge in [0, 0.05) is 17.5 Å². The minimum absolute atomic E-state index is 0.136. The average molecular weight is 319 g/mol. The molecule has 0 atom stereocenters. The number of carbonyl (C=O) groups excluding carboxylic acids is 1. The van der Waals surface area contributed by atoms with Crippen LogP contribution >= 0.6 is 0 Å². The number of fused-ring (bicyclic) bond motifs is 1. The molecule has 0 fully saturated rings. The van der Waals surface area contributed by atoms with E-state index in [1.54, 1.807) is 30.3 Å². The van der Waals surface area contributed by atoms with Crippen molar-refractivity contribution < 1.29 is 22.7 Å². The molecule has 7 heteroatoms. The summed E-state index contributed by atoms with van der Waals surface area (Å²) >= 11 is 0. The summed E-state index contributed by atoms with van der Waals surface area (Å²) in [5.74, 6) is 0.747. The molecule has 1 N–H and O–H groups in total. The third kappa shape index (κ3) is 2.89. The second-order valence-electron chi connectivity index (χ2n) is 4.82. The van der Waals surface area contributed by atoms with Crippen LogP contribution in [0.1, 0.15) is 10.4 Å². The summed E-state index contributed by atoms with van der Waals surface area (Å²) in [4.78, 5) is 12.4. The highest BCUT2D eigenvalue weighted by molar-refractivity contribution is 7.90. The van der Waals surface area contributed by atoms with Gasteiger partial charge < -0.3 is 14.8 Å². The summed E-state index contributed by atoms with van der Waals surface area (Å²) < 4.78 is 33.5. The number of hydrogen-bond donors (Lipinski definition) is 1. The molecular weight excluding hydrogens is 306 g/mol. The highest BCUT2D eigenvalue weighted by Crippen LogP contribution is 2.32. The molecule has 1 heterocycles. The molecule has 114 valence electrons. The van der Waals surface area contributed by atoms with E-state index in [9.17, 15) is 13.2 Å². The fraction of sp³-hybridized carbons (Fsp3) is 0.133. The number of benzene rings is 2. The summed E-state index contributed by atoms with van der Waals surface area (Å²) in [6.07, 6.45) is 1.12. The van der Waals surface area contributed by atoms with E-state index >= 15 is 0 Å². The molecule has 0 saturated heterocycles. The van der Waals surface area contributed by atoms with E-state index in [1.165, 1.54) is 12.1 Å². The number of anilines is 1. The van der Waals surface area contributed by atoms with Crippen molar-refractivity contribution in [3.63, 3.8) is 0 Å². The van der Waals surface area contributed by atoms with Crippen LogP contribution in [0.5, 0.6) is 11.5 Å². The predicted molar refractivity (Wildman–Crippen MR) is 80.1 cm³/mol. The molecule has 0 spiro atoms. The summed E-state index contributed by atoms with van der Waals surface area (Å²) in [6, 6.07) is 10.9. The van der Waals surface area contributed by atoms with Gasteiger partial charge in [-0.05, 0) is 36.4 Å². The molecule has 0 radical (unpaired) electrons. The quantitative estimate of drug-likeness (QED) is 0.936. The van der Waals surface area contributed by atoms with Gasteiger partial charge in [0.2, 0.25) is 6.79 Å². The van der Waals surface area contributed by atoms with Crippen LogP contribution in [0.15, 0.2) is 47.4 Å². The molecular formula is C15H13NO5S. The monoisotopic (exact) mass is 319 g/mol. The average Bonchev–Trinajstić information content (AvgIpc) is 2.94. The van der Waals surface area contributed by atoms with Crippen molar-refractivity contribution in [2.75, 3.05) is 18.4 Å². The third-order valence-corrected chi connectivity index (χ3v) is 4.27. The zero-order chi connectivity index (χ0) is 15.7. The number of nitrogens with one attached hydrogen (secondary N) is 1. The van der Waals surface area contributed by atoms with Crippen molar-refractivity contribution in [3.05, 3.63) is 48.0 Å². The van der Waals surface area contributed by atoms with E-state index in [-0.39, 0.29) is 17.6 Å². The van der Waals surface area contributed by atoms with Crippen LogP contribution in [0, 0.1) is 0 Å². The Kier molecular flexibility index (Phi) is 3.50. The van der Waals surface area contributed by atoms with Crippen LogP contribution in [0.25, 0.3) is 0 Å². The van der Waals surface area contributed by atoms with Gasteiger partial charge in [-0.15, -0.1) is 0 Å². The highest BCUT2D eigenvalue weighted by atomic mass is 32.2. The zero-order valence-corrected chi connectivity index (χ0v) is 12.5. The largest absolute Gasteiger partial charge is 0.454 e. The van der Waals surface area contributed by atoms with E-state index in [1.807, 2.05) is 0 Å². The Hall–Kier alpha value is -2.54. The van der Waals surface area contributed by atoms with E-state index in [0.717, 1.165) is 6.26 Å². The van der Waals surface area contributed by atoms with Crippen LogP contribution in [-0.4, -0.2) is 27.4 Å². The molecule has 2 aromatic carbocycles. The number of hydrogen-bond acceptors (Lipinski definition) is 5. The van der Waals surface area contributed by atoms with E-state index in [4.69, 9.17) is 9.47 Å². The second kappa shape index (κ2) is 5.34. The van der Waals surface area contributed by atoms with Crippen molar-refractivity contribution >= 4 is 21.4 Å². The number of ether oxygens (including phenoxy) is 2. The van der Waals surface area contributed by atoms with Gasteiger partial charge in [0.05, 0.1) is 4.90 Å². The van der Waals surface area contributed by atoms with Crippen molar-refractivity contribution in [1.82, 2.24) is 0 Å². The highest BCUT2D eigenvalue weighted by Gasteiger charge is 2.16. The minimum atomic E-state index is -3.32. The van der Waals surface area contributed by atoms with E-state index < -0.39 is 9.84 Å². The molecule has 2 aromatic rings. The number of rotatable bonds is 3. The number of sulfone groups is 1. The molecule has 22 heavy (non-hydrogen) atoms. The molecule has 0 saturated carbocycles. The smallest absolute Gasteiger partial charge is 0.255 e. The second-order valence-corrected chi connectivity index (χ2v) is 6.84. The maximum Gasteiger partial charge on any atom is 0.255 e. The van der Waals surface area contributed by atoms with Crippen LogP contribution in [0.2, 0.25) is 0 Å². The van der Waals surface area contributed by atoms with E-state index in [2.05, 4.69) is 5.32 Å². The van der Waals surface area contributed by atoms with E-state index in [0.29, 0.717) is 22.7 Å². The molecule has 6 nitrogen and oxygen atoms in total. The van der Waals surface area contributed by atoms with Gasteiger partial charge in [0.25, 0.3) is 5.91 Å². The molecule has 1 aliphatic heterocycles. The molecule has 1 aliphatic rings. The molecule has 0 bridgehead atoms. The SMILES string of the molecule is CS(=O)(=O)c1cccc(NC(=O)c2ccc3c(c2)OCO3)c1. The van der Waals surface area contributed by atoms with Crippen molar-refractivity contribution in [2.45, 2.75) is 4.90 Å². The maximum atomic E-state index is 12.2. The van der Waals surface area contributed by atoms with Gasteiger partial charge in [0.1, 0.15) is 0 Å². The molecule has 3 rings (SSSR count). The van der Waals surface area contributed by atoms with Crippen molar-refractivity contribution in [1.29, 1.82) is 0 Å². The summed E-state index contributed by atoms with van der Waals surface area (Å²) in [6.45, 7) is 0.136. The van der Waals surface area contributed by atoms with Gasteiger partial charge in [-0.2, -0.15) is 0 Å². The third-order valence-electron chi connectivity index (χ3n) is 3.15. The summed E-state index contributed by atoms with van der Waals surface area (Å²) in [5.41, 5.74) is 0.805. The van der Waals surface area contributed by atoms with Crippen molar-refractivity contribution in [3.8, 4) is 11.5 Å². The lowest BCUT2D eigenvalue weighted by Gasteiger charge is -2.07. The fourth-order valence-corrected chi connectivity index (χ4v) is 2.71. The predicted octanol–water partition coefficient (Wildman–Crippen LogP) is 2.07. The standard InChI is InChI=1S/C15H13NO5S/c1-22(18,19)12-4-2-3-11(8-12)16-15(17)10-5-6-13-14(7-10)21-9-20-13/h2-8H,9H2,1H3,(H,16,17). The van der Waals surface area contributed by atoms with Crippen LogP contribution in [0.3, 0.4) is 0 Å². The first kappa shape index (κ1) is 14.4. The van der Waals surface area contributed by atoms with Gasteiger partial charge in [-0.1, -0.05) is 6.07 Å². The van der Waals surface area contributed by atoms with Gasteiger partial charge in [-0.25, -0.2) is 8.42 Å². The fourth-order valence-electron chi connectivity index (χ4n) is 2.05. The Balaban J connectivity index is 1.83. The first-order valence-corrected chi connectivity index (χ1v) is 8.34. The van der Waals surface area contributed by atoms with Crippen LogP contribution in [0.4, 0.5) is 5.69 Å². The topological polar surface area (TPSA) is 81.7 Å². The lowest BCUT2D eigenvalue weighted by Crippen LogP contribution is -2.12. The summed E-state index contributed by atoms with van der Waals surface area (Å²) in [5, 5.41) is 2.66. The van der Waals surface area contributed by atoms with Gasteiger partial charge in [0.15, 0.2) is 21.3 Å². The Morgan fingerprint density at radius 3 is 2.64 bits per heavy atom. The normalized spacial score (nSPS) is 13.0. The Morgan fingerprint density at radius 1 is 1.09 bits per heavy atom. The van der Waals surface area contributed by atoms with Crippen LogP contribution < -0.4 is 14.8 Å². The number of carbonyl (C=O) groups is 1. The molecule has 0 aromatic heterocycles. The Labute approximate surface area is 127 Å². The molecule has 1 amide bonds.